The summed E-state index contributed by atoms with van der Waals surface area (Å²) in [6, 6.07) is 10.1. The van der Waals surface area contributed by atoms with Crippen molar-refractivity contribution in [3.8, 4) is 0 Å². The maximum atomic E-state index is 13.0. The second-order valence-corrected chi connectivity index (χ2v) is 9.85. The SMILES string of the molecule is CCC1=C(SCC(=O)N2CCC(Cc3ccccc3)CC2)C2C(=O)N(C)C(=O)[N+](C)=C2N=C1. The van der Waals surface area contributed by atoms with Crippen LogP contribution in [0.25, 0.3) is 0 Å². The number of amidine groups is 1. The number of benzene rings is 1. The quantitative estimate of drug-likeness (QED) is 0.603. The molecule has 33 heavy (non-hydrogen) atoms. The lowest BCUT2D eigenvalue weighted by atomic mass is 9.90. The third-order valence-electron chi connectivity index (χ3n) is 6.75. The number of piperidine rings is 1. The van der Waals surface area contributed by atoms with E-state index in [1.165, 1.54) is 28.9 Å². The third kappa shape index (κ3) is 4.81. The monoisotopic (exact) mass is 467 g/mol. The van der Waals surface area contributed by atoms with Gasteiger partial charge in [0.1, 0.15) is 6.21 Å². The molecule has 174 valence electrons. The fourth-order valence-electron chi connectivity index (χ4n) is 4.70. The van der Waals surface area contributed by atoms with Crippen LogP contribution in [0.2, 0.25) is 0 Å². The highest BCUT2D eigenvalue weighted by Gasteiger charge is 2.48. The van der Waals surface area contributed by atoms with Gasteiger partial charge in [-0.1, -0.05) is 37.3 Å². The van der Waals surface area contributed by atoms with Crippen LogP contribution in [0.1, 0.15) is 31.7 Å². The van der Waals surface area contributed by atoms with E-state index in [0.29, 0.717) is 18.2 Å². The van der Waals surface area contributed by atoms with Gasteiger partial charge in [0.2, 0.25) is 5.91 Å². The molecule has 1 atom stereocenters. The van der Waals surface area contributed by atoms with Crippen LogP contribution in [0.15, 0.2) is 45.8 Å². The Morgan fingerprint density at radius 2 is 1.88 bits per heavy atom. The standard InChI is InChI=1S/C25H31N4O3S/c1-4-19-15-26-23-21(24(31)28(3)25(32)27(23)2)22(19)33-16-20(30)29-12-10-18(11-13-29)14-17-8-6-5-7-9-17/h5-9,15,18,21H,4,10-14,16H2,1-3H3/q+1. The van der Waals surface area contributed by atoms with Crippen molar-refractivity contribution in [1.82, 2.24) is 9.80 Å². The van der Waals surface area contributed by atoms with Crippen LogP contribution in [0.4, 0.5) is 4.79 Å². The van der Waals surface area contributed by atoms with E-state index in [2.05, 4.69) is 29.3 Å². The highest BCUT2D eigenvalue weighted by Crippen LogP contribution is 2.36. The molecule has 1 saturated heterocycles. The minimum Gasteiger partial charge on any atom is -0.342 e. The molecule has 8 heteroatoms. The molecular formula is C25H31N4O3S+. The van der Waals surface area contributed by atoms with Crippen molar-refractivity contribution in [2.24, 2.45) is 16.8 Å². The Kier molecular flexibility index (Phi) is 7.12. The van der Waals surface area contributed by atoms with E-state index in [4.69, 9.17) is 0 Å². The van der Waals surface area contributed by atoms with Gasteiger partial charge in [0, 0.05) is 18.0 Å². The van der Waals surface area contributed by atoms with Crippen molar-refractivity contribution in [3.63, 3.8) is 0 Å². The van der Waals surface area contributed by atoms with E-state index in [1.807, 2.05) is 17.9 Å². The van der Waals surface area contributed by atoms with Crippen LogP contribution in [0, 0.1) is 11.8 Å². The first-order chi connectivity index (χ1) is 15.9. The van der Waals surface area contributed by atoms with Crippen LogP contribution in [-0.2, 0) is 16.0 Å². The number of nitrogens with zero attached hydrogens (tertiary/aromatic N) is 4. The molecule has 0 spiro atoms. The summed E-state index contributed by atoms with van der Waals surface area (Å²) in [4.78, 5) is 46.6. The summed E-state index contributed by atoms with van der Waals surface area (Å²) in [6.07, 6.45) is 5.53. The predicted octanol–water partition coefficient (Wildman–Crippen LogP) is 3.20. The van der Waals surface area contributed by atoms with Crippen LogP contribution in [0.5, 0.6) is 0 Å². The minimum absolute atomic E-state index is 0.103. The molecule has 0 aliphatic carbocycles. The van der Waals surface area contributed by atoms with Crippen LogP contribution in [-0.4, -0.2) is 77.2 Å². The lowest BCUT2D eigenvalue weighted by molar-refractivity contribution is -0.407. The first kappa shape index (κ1) is 23.4. The van der Waals surface area contributed by atoms with Gasteiger partial charge in [-0.2, -0.15) is 9.48 Å². The zero-order valence-corrected chi connectivity index (χ0v) is 20.3. The van der Waals surface area contributed by atoms with Crippen LogP contribution < -0.4 is 0 Å². The number of carbonyl (C=O) groups excluding carboxylic acids is 3. The van der Waals surface area contributed by atoms with E-state index in [0.717, 1.165) is 47.7 Å². The Morgan fingerprint density at radius 3 is 2.55 bits per heavy atom. The van der Waals surface area contributed by atoms with Gasteiger partial charge in [-0.05, 0) is 42.7 Å². The van der Waals surface area contributed by atoms with E-state index in [-0.39, 0.29) is 23.6 Å². The molecular weight excluding hydrogens is 436 g/mol. The second kappa shape index (κ2) is 10.0. The number of allylic oxidation sites excluding steroid dienone is 1. The summed E-state index contributed by atoms with van der Waals surface area (Å²) < 4.78 is 1.43. The predicted molar refractivity (Wildman–Crippen MR) is 131 cm³/mol. The van der Waals surface area contributed by atoms with Crippen molar-refractivity contribution in [2.75, 3.05) is 32.9 Å². The third-order valence-corrected chi connectivity index (χ3v) is 7.95. The van der Waals surface area contributed by atoms with Gasteiger partial charge in [-0.15, -0.1) is 16.8 Å². The highest BCUT2D eigenvalue weighted by atomic mass is 32.2. The number of likely N-dealkylation sites (tertiary alicyclic amines) is 1. The maximum absolute atomic E-state index is 13.0. The average molecular weight is 468 g/mol. The molecule has 1 aromatic rings. The molecule has 0 aromatic heterocycles. The molecule has 3 aliphatic heterocycles. The van der Waals surface area contributed by atoms with Crippen molar-refractivity contribution in [1.29, 1.82) is 0 Å². The number of hydrogen-bond acceptors (Lipinski definition) is 5. The molecule has 0 radical (unpaired) electrons. The Labute approximate surface area is 199 Å². The first-order valence-corrected chi connectivity index (χ1v) is 12.5. The number of carbonyl (C=O) groups is 3. The number of urea groups is 1. The molecule has 3 heterocycles. The van der Waals surface area contributed by atoms with Gasteiger partial charge in [0.15, 0.2) is 5.92 Å². The van der Waals surface area contributed by atoms with Gasteiger partial charge >= 0.3 is 11.9 Å². The summed E-state index contributed by atoms with van der Waals surface area (Å²) in [5.41, 5.74) is 2.31. The van der Waals surface area contributed by atoms with Crippen molar-refractivity contribution in [2.45, 2.75) is 32.6 Å². The first-order valence-electron chi connectivity index (χ1n) is 11.5. The largest absolute Gasteiger partial charge is 0.445 e. The van der Waals surface area contributed by atoms with Crippen molar-refractivity contribution >= 4 is 41.7 Å². The van der Waals surface area contributed by atoms with E-state index < -0.39 is 5.92 Å². The molecule has 3 aliphatic rings. The Morgan fingerprint density at radius 1 is 1.18 bits per heavy atom. The number of hydrogen-bond donors (Lipinski definition) is 0. The summed E-state index contributed by atoms with van der Waals surface area (Å²) in [5, 5.41) is 0. The maximum Gasteiger partial charge on any atom is 0.445 e. The Bertz CT molecular complexity index is 1040. The number of thioether (sulfide) groups is 1. The smallest absolute Gasteiger partial charge is 0.342 e. The second-order valence-electron chi connectivity index (χ2n) is 8.83. The van der Waals surface area contributed by atoms with Gasteiger partial charge in [0.25, 0.3) is 5.84 Å². The number of amides is 4. The number of imide groups is 1. The van der Waals surface area contributed by atoms with Crippen LogP contribution in [0.3, 0.4) is 0 Å². The summed E-state index contributed by atoms with van der Waals surface area (Å²) in [6.45, 7) is 3.56. The van der Waals surface area contributed by atoms with Crippen molar-refractivity contribution in [3.05, 3.63) is 46.4 Å². The molecule has 0 saturated carbocycles. The average Bonchev–Trinajstić information content (AvgIpc) is 2.85. The van der Waals surface area contributed by atoms with E-state index in [9.17, 15) is 14.4 Å². The summed E-state index contributed by atoms with van der Waals surface area (Å²) in [5.74, 6) is 0.533. The van der Waals surface area contributed by atoms with E-state index >= 15 is 0 Å². The molecule has 0 bridgehead atoms. The van der Waals surface area contributed by atoms with Gasteiger partial charge in [-0.3, -0.25) is 9.59 Å². The normalized spacial score (nSPS) is 21.7. The molecule has 1 unspecified atom stereocenters. The topological polar surface area (TPSA) is 73.1 Å². The zero-order chi connectivity index (χ0) is 23.5. The van der Waals surface area contributed by atoms with Crippen molar-refractivity contribution < 1.29 is 19.0 Å². The van der Waals surface area contributed by atoms with Gasteiger partial charge in [-0.25, -0.2) is 4.79 Å². The van der Waals surface area contributed by atoms with Gasteiger partial charge in [0.05, 0.1) is 19.8 Å². The van der Waals surface area contributed by atoms with E-state index in [1.54, 1.807) is 13.3 Å². The number of aliphatic imine (C=N–C) groups is 1. The number of dihydropyridines is 1. The Balaban J connectivity index is 1.39. The molecule has 1 fully saturated rings. The molecule has 4 rings (SSSR count). The molecule has 7 nitrogen and oxygen atoms in total. The van der Waals surface area contributed by atoms with Crippen LogP contribution >= 0.6 is 11.8 Å². The minimum atomic E-state index is -0.618. The Hall–Kier alpha value is -2.74. The lowest BCUT2D eigenvalue weighted by Gasteiger charge is -2.32. The molecule has 4 amide bonds. The summed E-state index contributed by atoms with van der Waals surface area (Å²) in [7, 11) is 3.13. The fourth-order valence-corrected chi connectivity index (χ4v) is 5.92. The van der Waals surface area contributed by atoms with Gasteiger partial charge < -0.3 is 4.90 Å². The highest BCUT2D eigenvalue weighted by molar-refractivity contribution is 8.03. The number of rotatable bonds is 6. The number of fused-ring (bicyclic) bond motifs is 1. The lowest BCUT2D eigenvalue weighted by Crippen LogP contribution is -2.52. The fraction of sp³-hybridized carbons (Fsp3) is 0.480. The zero-order valence-electron chi connectivity index (χ0n) is 19.5. The summed E-state index contributed by atoms with van der Waals surface area (Å²) >= 11 is 1.42. The molecule has 1 aromatic carbocycles. The molecule has 0 N–H and O–H groups in total.